The van der Waals surface area contributed by atoms with E-state index in [1.807, 2.05) is 0 Å². The lowest BCUT2D eigenvalue weighted by Crippen LogP contribution is -2.25. The van der Waals surface area contributed by atoms with Crippen LogP contribution in [0.1, 0.15) is 28.4 Å². The second-order valence-corrected chi connectivity index (χ2v) is 6.95. The zero-order valence-corrected chi connectivity index (χ0v) is 13.9. The lowest BCUT2D eigenvalue weighted by atomic mass is 10.1. The first-order chi connectivity index (χ1) is 11.4. The molecule has 0 amide bonds. The third kappa shape index (κ3) is 5.61. The molecule has 1 N–H and O–H groups in total. The van der Waals surface area contributed by atoms with E-state index in [4.69, 9.17) is 0 Å². The van der Waals surface area contributed by atoms with Crippen molar-refractivity contribution < 1.29 is 17.6 Å². The largest absolute Gasteiger partial charge is 0.295 e. The summed E-state index contributed by atoms with van der Waals surface area (Å²) in [5.41, 5.74) is 1.79. The van der Waals surface area contributed by atoms with E-state index in [1.54, 1.807) is 24.3 Å². The number of ketones is 1. The van der Waals surface area contributed by atoms with Crippen LogP contribution in [0.15, 0.2) is 48.5 Å². The minimum atomic E-state index is -3.54. The predicted octanol–water partition coefficient (Wildman–Crippen LogP) is 2.50. The first-order valence-corrected chi connectivity index (χ1v) is 8.82. The summed E-state index contributed by atoms with van der Waals surface area (Å²) in [6.07, 6.45) is 0. The zero-order valence-electron chi connectivity index (χ0n) is 13.0. The molecule has 4 nitrogen and oxygen atoms in total. The molecular formula is C18H16FNO3S. The highest BCUT2D eigenvalue weighted by Gasteiger charge is 2.10. The third-order valence-corrected chi connectivity index (χ3v) is 4.47. The standard InChI is InChI=1S/C18H16FNO3S/c1-14(21)17-8-4-15(5-9-17)3-2-12-20-24(22,23)13-16-6-10-18(19)11-7-16/h4-11,20H,12-13H2,1H3. The van der Waals surface area contributed by atoms with Crippen molar-refractivity contribution in [3.05, 3.63) is 71.0 Å². The Kier molecular flexibility index (Phi) is 5.85. The van der Waals surface area contributed by atoms with Gasteiger partial charge in [0.05, 0.1) is 12.3 Å². The van der Waals surface area contributed by atoms with Gasteiger partial charge in [0.2, 0.25) is 10.0 Å². The molecule has 124 valence electrons. The second kappa shape index (κ2) is 7.86. The maximum atomic E-state index is 12.8. The van der Waals surface area contributed by atoms with Crippen molar-refractivity contribution in [2.45, 2.75) is 12.7 Å². The molecule has 6 heteroatoms. The number of carbonyl (C=O) groups excluding carboxylic acids is 1. The van der Waals surface area contributed by atoms with Gasteiger partial charge in [-0.2, -0.15) is 0 Å². The van der Waals surface area contributed by atoms with Gasteiger partial charge in [0, 0.05) is 11.1 Å². The Balaban J connectivity index is 1.91. The van der Waals surface area contributed by atoms with Gasteiger partial charge >= 0.3 is 0 Å². The fraction of sp³-hybridized carbons (Fsp3) is 0.167. The summed E-state index contributed by atoms with van der Waals surface area (Å²) >= 11 is 0. The normalized spacial score (nSPS) is 10.8. The van der Waals surface area contributed by atoms with Gasteiger partial charge in [0.15, 0.2) is 5.78 Å². The number of sulfonamides is 1. The molecule has 0 bridgehead atoms. The van der Waals surface area contributed by atoms with Crippen LogP contribution in [-0.2, 0) is 15.8 Å². The van der Waals surface area contributed by atoms with Gasteiger partial charge in [-0.05, 0) is 36.8 Å². The van der Waals surface area contributed by atoms with Crippen LogP contribution >= 0.6 is 0 Å². The van der Waals surface area contributed by atoms with Crippen molar-refractivity contribution >= 4 is 15.8 Å². The van der Waals surface area contributed by atoms with E-state index in [9.17, 15) is 17.6 Å². The molecule has 2 aromatic rings. The smallest absolute Gasteiger partial charge is 0.216 e. The highest BCUT2D eigenvalue weighted by molar-refractivity contribution is 7.88. The predicted molar refractivity (Wildman–Crippen MR) is 90.4 cm³/mol. The molecule has 0 atom stereocenters. The number of rotatable bonds is 5. The SMILES string of the molecule is CC(=O)c1ccc(C#CCNS(=O)(=O)Cc2ccc(F)cc2)cc1. The van der Waals surface area contributed by atoms with Crippen LogP contribution in [0.5, 0.6) is 0 Å². The van der Waals surface area contributed by atoms with Gasteiger partial charge in [-0.3, -0.25) is 4.79 Å². The van der Waals surface area contributed by atoms with Crippen molar-refractivity contribution in [1.82, 2.24) is 4.72 Å². The molecule has 2 rings (SSSR count). The maximum Gasteiger partial charge on any atom is 0.216 e. The first-order valence-electron chi connectivity index (χ1n) is 7.17. The zero-order chi connectivity index (χ0) is 17.6. The summed E-state index contributed by atoms with van der Waals surface area (Å²) in [5, 5.41) is 0. The summed E-state index contributed by atoms with van der Waals surface area (Å²) in [4.78, 5) is 11.2. The number of halogens is 1. The van der Waals surface area contributed by atoms with Gasteiger partial charge in [0.25, 0.3) is 0 Å². The second-order valence-electron chi connectivity index (χ2n) is 5.14. The van der Waals surface area contributed by atoms with Gasteiger partial charge in [-0.25, -0.2) is 17.5 Å². The Labute approximate surface area is 140 Å². The van der Waals surface area contributed by atoms with Crippen LogP contribution in [0.25, 0.3) is 0 Å². The van der Waals surface area contributed by atoms with Crippen molar-refractivity contribution in [3.63, 3.8) is 0 Å². The summed E-state index contributed by atoms with van der Waals surface area (Å²) < 4.78 is 39.0. The number of carbonyl (C=O) groups is 1. The summed E-state index contributed by atoms with van der Waals surface area (Å²) in [6.45, 7) is 1.45. The Bertz CT molecular complexity index is 877. The fourth-order valence-electron chi connectivity index (χ4n) is 1.93. The molecular weight excluding hydrogens is 329 g/mol. The highest BCUT2D eigenvalue weighted by atomic mass is 32.2. The number of benzene rings is 2. The molecule has 0 fully saturated rings. The van der Waals surface area contributed by atoms with Crippen LogP contribution in [-0.4, -0.2) is 20.7 Å². The van der Waals surface area contributed by atoms with Gasteiger partial charge in [0.1, 0.15) is 5.82 Å². The fourth-order valence-corrected chi connectivity index (χ4v) is 2.96. The van der Waals surface area contributed by atoms with E-state index in [2.05, 4.69) is 16.6 Å². The van der Waals surface area contributed by atoms with Crippen LogP contribution < -0.4 is 4.72 Å². The minimum Gasteiger partial charge on any atom is -0.295 e. The maximum absolute atomic E-state index is 12.8. The Morgan fingerprint density at radius 2 is 1.71 bits per heavy atom. The molecule has 0 aromatic heterocycles. The van der Waals surface area contributed by atoms with E-state index < -0.39 is 15.8 Å². The molecule has 0 aliphatic heterocycles. The van der Waals surface area contributed by atoms with E-state index in [0.29, 0.717) is 16.7 Å². The number of hydrogen-bond donors (Lipinski definition) is 1. The summed E-state index contributed by atoms with van der Waals surface area (Å²) in [7, 11) is -3.54. The molecule has 0 aliphatic carbocycles. The Hall–Kier alpha value is -2.49. The molecule has 0 spiro atoms. The van der Waals surface area contributed by atoms with Gasteiger partial charge in [-0.15, -0.1) is 0 Å². The van der Waals surface area contributed by atoms with Crippen molar-refractivity contribution in [2.75, 3.05) is 6.54 Å². The summed E-state index contributed by atoms with van der Waals surface area (Å²) in [6, 6.07) is 12.0. The van der Waals surface area contributed by atoms with Crippen LogP contribution in [0, 0.1) is 17.7 Å². The third-order valence-electron chi connectivity index (χ3n) is 3.17. The van der Waals surface area contributed by atoms with E-state index in [-0.39, 0.29) is 18.1 Å². The molecule has 24 heavy (non-hydrogen) atoms. The number of Topliss-reactive ketones (excluding diaryl/α,β-unsaturated/α-hetero) is 1. The average molecular weight is 345 g/mol. The molecule has 0 heterocycles. The topological polar surface area (TPSA) is 63.2 Å². The van der Waals surface area contributed by atoms with E-state index >= 15 is 0 Å². The molecule has 0 unspecified atom stereocenters. The molecule has 2 aromatic carbocycles. The lowest BCUT2D eigenvalue weighted by Gasteiger charge is -2.03. The lowest BCUT2D eigenvalue weighted by molar-refractivity contribution is 0.101. The summed E-state index contributed by atoms with van der Waals surface area (Å²) in [5.74, 6) is 4.86. The quantitative estimate of drug-likeness (QED) is 0.669. The Morgan fingerprint density at radius 3 is 2.29 bits per heavy atom. The molecule has 0 saturated carbocycles. The first kappa shape index (κ1) is 17.9. The van der Waals surface area contributed by atoms with Crippen LogP contribution in [0.3, 0.4) is 0 Å². The number of hydrogen-bond acceptors (Lipinski definition) is 3. The highest BCUT2D eigenvalue weighted by Crippen LogP contribution is 2.06. The Morgan fingerprint density at radius 1 is 1.08 bits per heavy atom. The van der Waals surface area contributed by atoms with Crippen molar-refractivity contribution in [2.24, 2.45) is 0 Å². The molecule has 0 saturated heterocycles. The monoisotopic (exact) mass is 345 g/mol. The van der Waals surface area contributed by atoms with E-state index in [0.717, 1.165) is 0 Å². The molecule has 0 radical (unpaired) electrons. The van der Waals surface area contributed by atoms with E-state index in [1.165, 1.54) is 31.2 Å². The van der Waals surface area contributed by atoms with Crippen molar-refractivity contribution in [1.29, 1.82) is 0 Å². The number of nitrogens with one attached hydrogen (secondary N) is 1. The van der Waals surface area contributed by atoms with Crippen LogP contribution in [0.4, 0.5) is 4.39 Å². The van der Waals surface area contributed by atoms with Gasteiger partial charge < -0.3 is 0 Å². The van der Waals surface area contributed by atoms with Crippen LogP contribution in [0.2, 0.25) is 0 Å². The molecule has 0 aliphatic rings. The van der Waals surface area contributed by atoms with Crippen molar-refractivity contribution in [3.8, 4) is 11.8 Å². The minimum absolute atomic E-state index is 0.0249. The van der Waals surface area contributed by atoms with Gasteiger partial charge in [-0.1, -0.05) is 36.1 Å². The average Bonchev–Trinajstić information content (AvgIpc) is 2.54.